The van der Waals surface area contributed by atoms with Gasteiger partial charge in [-0.2, -0.15) is 5.10 Å². The van der Waals surface area contributed by atoms with Gasteiger partial charge >= 0.3 is 0 Å². The highest BCUT2D eigenvalue weighted by Gasteiger charge is 2.22. The van der Waals surface area contributed by atoms with Crippen LogP contribution in [0.3, 0.4) is 0 Å². The van der Waals surface area contributed by atoms with Gasteiger partial charge in [0.1, 0.15) is 23.6 Å². The molecule has 0 bridgehead atoms. The monoisotopic (exact) mass is 318 g/mol. The lowest BCUT2D eigenvalue weighted by molar-refractivity contribution is -0.117. The minimum Gasteiger partial charge on any atom is -0.359 e. The molecule has 0 aliphatic heterocycles. The van der Waals surface area contributed by atoms with Gasteiger partial charge in [0.15, 0.2) is 5.76 Å². The zero-order chi connectivity index (χ0) is 15.7. The van der Waals surface area contributed by atoms with Crippen LogP contribution in [0.4, 0.5) is 14.5 Å². The van der Waals surface area contributed by atoms with Gasteiger partial charge in [0.05, 0.1) is 10.7 Å². The maximum Gasteiger partial charge on any atom is 0.283 e. The van der Waals surface area contributed by atoms with E-state index in [0.29, 0.717) is 22.8 Å². The van der Waals surface area contributed by atoms with Crippen molar-refractivity contribution in [3.8, 4) is 0 Å². The van der Waals surface area contributed by atoms with Crippen LogP contribution in [0, 0.1) is 20.8 Å². The Hall–Kier alpha value is -1.96. The molecule has 2 aromatic heterocycles. The second kappa shape index (κ2) is 5.80. The topological polar surface area (TPSA) is 73.0 Å². The summed E-state index contributed by atoms with van der Waals surface area (Å²) in [7, 11) is 0. The Kier molecular flexibility index (Phi) is 4.26. The van der Waals surface area contributed by atoms with Crippen LogP contribution in [-0.2, 0) is 11.3 Å². The summed E-state index contributed by atoms with van der Waals surface area (Å²) in [4.78, 5) is 12.0. The highest BCUT2D eigenvalue weighted by atomic mass is 35.5. The zero-order valence-corrected chi connectivity index (χ0v) is 12.3. The van der Waals surface area contributed by atoms with E-state index in [4.69, 9.17) is 16.1 Å². The molecule has 0 saturated heterocycles. The van der Waals surface area contributed by atoms with Gasteiger partial charge in [-0.1, -0.05) is 16.8 Å². The molecule has 2 heterocycles. The lowest BCUT2D eigenvalue weighted by atomic mass is 10.3. The molecule has 114 valence electrons. The normalized spacial score (nSPS) is 11.2. The number of rotatable bonds is 4. The van der Waals surface area contributed by atoms with Crippen LogP contribution in [0.25, 0.3) is 0 Å². The quantitative estimate of drug-likeness (QED) is 0.940. The fraction of sp³-hybridized carbons (Fsp3) is 0.417. The first-order chi connectivity index (χ1) is 9.81. The van der Waals surface area contributed by atoms with Crippen molar-refractivity contribution in [2.24, 2.45) is 0 Å². The van der Waals surface area contributed by atoms with Crippen molar-refractivity contribution >= 4 is 23.2 Å². The summed E-state index contributed by atoms with van der Waals surface area (Å²) >= 11 is 5.77. The van der Waals surface area contributed by atoms with Crippen LogP contribution in [0.2, 0.25) is 5.02 Å². The number of nitrogens with one attached hydrogen (secondary N) is 1. The van der Waals surface area contributed by atoms with Gasteiger partial charge in [-0.3, -0.25) is 9.48 Å². The number of aromatic nitrogens is 3. The molecule has 1 N–H and O–H groups in total. The first kappa shape index (κ1) is 15.4. The summed E-state index contributed by atoms with van der Waals surface area (Å²) < 4.78 is 31.4. The zero-order valence-electron chi connectivity index (χ0n) is 11.6. The third-order valence-corrected chi connectivity index (χ3v) is 3.42. The average molecular weight is 319 g/mol. The number of amides is 1. The summed E-state index contributed by atoms with van der Waals surface area (Å²) in [5.41, 5.74) is 0.773. The van der Waals surface area contributed by atoms with Gasteiger partial charge in [-0.15, -0.1) is 0 Å². The van der Waals surface area contributed by atoms with E-state index >= 15 is 0 Å². The van der Waals surface area contributed by atoms with Crippen LogP contribution in [0.5, 0.6) is 0 Å². The molecule has 6 nitrogen and oxygen atoms in total. The van der Waals surface area contributed by atoms with Crippen LogP contribution < -0.4 is 5.32 Å². The number of halogens is 3. The van der Waals surface area contributed by atoms with Crippen LogP contribution in [0.1, 0.15) is 29.3 Å². The maximum atomic E-state index is 12.7. The van der Waals surface area contributed by atoms with Crippen LogP contribution in [0.15, 0.2) is 4.52 Å². The lowest BCUT2D eigenvalue weighted by Crippen LogP contribution is -2.21. The Balaban J connectivity index is 2.15. The molecular formula is C12H13ClF2N4O2. The van der Waals surface area contributed by atoms with Crippen molar-refractivity contribution in [1.82, 2.24) is 14.9 Å². The van der Waals surface area contributed by atoms with E-state index < -0.39 is 18.0 Å². The molecule has 0 aliphatic rings. The number of nitrogens with zero attached hydrogens (tertiary/aromatic N) is 3. The second-order valence-electron chi connectivity index (χ2n) is 4.49. The van der Waals surface area contributed by atoms with Crippen molar-refractivity contribution in [3.63, 3.8) is 0 Å². The molecule has 1 amide bonds. The molecular weight excluding hydrogens is 306 g/mol. The predicted molar refractivity (Wildman–Crippen MR) is 71.5 cm³/mol. The first-order valence-corrected chi connectivity index (χ1v) is 6.42. The van der Waals surface area contributed by atoms with E-state index in [9.17, 15) is 13.6 Å². The number of carbonyl (C=O) groups excluding carboxylic acids is 1. The minimum absolute atomic E-state index is 0.130. The van der Waals surface area contributed by atoms with Crippen molar-refractivity contribution in [3.05, 3.63) is 27.9 Å². The van der Waals surface area contributed by atoms with Crippen molar-refractivity contribution in [2.75, 3.05) is 5.32 Å². The summed E-state index contributed by atoms with van der Waals surface area (Å²) in [5.74, 6) is 0.0248. The first-order valence-electron chi connectivity index (χ1n) is 6.05. The Bertz CT molecular complexity index is 662. The van der Waals surface area contributed by atoms with Crippen LogP contribution in [-0.4, -0.2) is 20.8 Å². The summed E-state index contributed by atoms with van der Waals surface area (Å²) in [6, 6.07) is 0. The minimum atomic E-state index is -2.79. The lowest BCUT2D eigenvalue weighted by Gasteiger charge is -2.06. The molecule has 0 fully saturated rings. The average Bonchev–Trinajstić information content (AvgIpc) is 2.86. The van der Waals surface area contributed by atoms with Crippen molar-refractivity contribution in [2.45, 2.75) is 33.7 Å². The molecule has 0 aliphatic carbocycles. The molecule has 2 aromatic rings. The van der Waals surface area contributed by atoms with E-state index in [1.54, 1.807) is 13.8 Å². The molecule has 21 heavy (non-hydrogen) atoms. The number of carbonyl (C=O) groups is 1. The van der Waals surface area contributed by atoms with E-state index in [1.165, 1.54) is 6.92 Å². The van der Waals surface area contributed by atoms with Gasteiger partial charge < -0.3 is 9.84 Å². The van der Waals surface area contributed by atoms with Gasteiger partial charge in [-0.25, -0.2) is 8.78 Å². The maximum absolute atomic E-state index is 12.7. The molecule has 2 rings (SSSR count). The molecule has 0 saturated carbocycles. The van der Waals surface area contributed by atoms with E-state index in [1.807, 2.05) is 0 Å². The molecule has 0 aromatic carbocycles. The Morgan fingerprint density at radius 1 is 1.43 bits per heavy atom. The summed E-state index contributed by atoms with van der Waals surface area (Å²) in [5, 5.41) is 9.84. The number of alkyl halides is 2. The van der Waals surface area contributed by atoms with E-state index in [-0.39, 0.29) is 11.6 Å². The fourth-order valence-corrected chi connectivity index (χ4v) is 2.04. The molecule has 0 unspecified atom stereocenters. The summed E-state index contributed by atoms with van der Waals surface area (Å²) in [6.45, 7) is 4.62. The molecule has 0 radical (unpaired) electrons. The number of anilines is 1. The SMILES string of the molecule is Cc1noc(C)c1NC(=O)Cn1nc(C(F)F)c(Cl)c1C. The van der Waals surface area contributed by atoms with Crippen LogP contribution >= 0.6 is 11.6 Å². The highest BCUT2D eigenvalue weighted by molar-refractivity contribution is 6.31. The second-order valence-corrected chi connectivity index (χ2v) is 4.87. The number of aryl methyl sites for hydroxylation is 2. The largest absolute Gasteiger partial charge is 0.359 e. The third kappa shape index (κ3) is 3.05. The van der Waals surface area contributed by atoms with E-state index in [0.717, 1.165) is 4.68 Å². The number of hydrogen-bond donors (Lipinski definition) is 1. The third-order valence-electron chi connectivity index (χ3n) is 2.96. The predicted octanol–water partition coefficient (Wildman–Crippen LogP) is 3.03. The molecule has 0 atom stereocenters. The highest BCUT2D eigenvalue weighted by Crippen LogP contribution is 2.28. The molecule has 9 heteroatoms. The smallest absolute Gasteiger partial charge is 0.283 e. The molecule has 0 spiro atoms. The van der Waals surface area contributed by atoms with Gasteiger partial charge in [-0.05, 0) is 20.8 Å². The Labute approximate surface area is 124 Å². The van der Waals surface area contributed by atoms with Crippen molar-refractivity contribution < 1.29 is 18.1 Å². The van der Waals surface area contributed by atoms with E-state index in [2.05, 4.69) is 15.6 Å². The Morgan fingerprint density at radius 3 is 2.57 bits per heavy atom. The Morgan fingerprint density at radius 2 is 2.10 bits per heavy atom. The van der Waals surface area contributed by atoms with Gasteiger partial charge in [0.2, 0.25) is 5.91 Å². The fourth-order valence-electron chi connectivity index (χ4n) is 1.82. The van der Waals surface area contributed by atoms with Gasteiger partial charge in [0, 0.05) is 0 Å². The summed E-state index contributed by atoms with van der Waals surface area (Å²) in [6.07, 6.45) is -2.79. The van der Waals surface area contributed by atoms with Crippen molar-refractivity contribution in [1.29, 1.82) is 0 Å². The standard InChI is InChI=1S/C12H13ClF2N4O2/c1-5-10(7(3)21-18-5)16-8(20)4-19-6(2)9(13)11(17-19)12(14)15/h12H,4H2,1-3H3,(H,16,20). The van der Waals surface area contributed by atoms with Gasteiger partial charge in [0.25, 0.3) is 6.43 Å². The number of hydrogen-bond acceptors (Lipinski definition) is 4.